The second-order valence-electron chi connectivity index (χ2n) is 6.34. The van der Waals surface area contributed by atoms with Crippen molar-refractivity contribution in [2.45, 2.75) is 78.7 Å². The number of aryl methyl sites for hydroxylation is 2. The Morgan fingerprint density at radius 2 is 1.61 bits per heavy atom. The molecule has 0 spiro atoms. The number of hydrogen-bond acceptors (Lipinski definition) is 1. The summed E-state index contributed by atoms with van der Waals surface area (Å²) in [6.45, 7) is 7.74. The second-order valence-corrected chi connectivity index (χ2v) is 8.10. The van der Waals surface area contributed by atoms with E-state index in [0.29, 0.717) is 0 Å². The predicted octanol–water partition coefficient (Wildman–Crippen LogP) is 4.97. The Labute approximate surface area is 159 Å². The fraction of sp³-hybridized carbons (Fsp3) is 0.632. The molecular formula is C19H28ClN2Sn. The SMILES string of the molecule is CCCCc1c(Cl)cc2c([c]([Sn])nn2CCCC)c1CCCC. The van der Waals surface area contributed by atoms with E-state index < -0.39 is 0 Å². The van der Waals surface area contributed by atoms with Crippen LogP contribution in [-0.4, -0.2) is 32.3 Å². The molecule has 2 nitrogen and oxygen atoms in total. The first-order valence-corrected chi connectivity index (χ1v) is 10.9. The summed E-state index contributed by atoms with van der Waals surface area (Å²) in [5.74, 6) is 0. The third-order valence-electron chi connectivity index (χ3n) is 4.49. The third kappa shape index (κ3) is 4.45. The summed E-state index contributed by atoms with van der Waals surface area (Å²) < 4.78 is 3.44. The molecule has 2 rings (SSSR count). The van der Waals surface area contributed by atoms with Gasteiger partial charge >= 0.3 is 159 Å². The van der Waals surface area contributed by atoms with Gasteiger partial charge in [0.15, 0.2) is 0 Å². The van der Waals surface area contributed by atoms with Gasteiger partial charge in [0.25, 0.3) is 0 Å². The van der Waals surface area contributed by atoms with Crippen molar-refractivity contribution in [3.63, 3.8) is 0 Å². The summed E-state index contributed by atoms with van der Waals surface area (Å²) in [7, 11) is 0. The minimum atomic E-state index is 0.950. The number of halogens is 1. The van der Waals surface area contributed by atoms with Crippen LogP contribution in [0.4, 0.5) is 0 Å². The van der Waals surface area contributed by atoms with E-state index in [9.17, 15) is 0 Å². The van der Waals surface area contributed by atoms with Gasteiger partial charge in [-0.05, 0) is 0 Å². The molecule has 1 heterocycles. The van der Waals surface area contributed by atoms with Crippen molar-refractivity contribution < 1.29 is 0 Å². The first-order valence-electron chi connectivity index (χ1n) is 9.06. The van der Waals surface area contributed by atoms with Crippen LogP contribution in [-0.2, 0) is 19.4 Å². The summed E-state index contributed by atoms with van der Waals surface area (Å²) in [5.41, 5.74) is 4.12. The molecule has 1 aromatic carbocycles. The molecule has 0 fully saturated rings. The average Bonchev–Trinajstić information content (AvgIpc) is 2.85. The summed E-state index contributed by atoms with van der Waals surface area (Å²) >= 11 is 8.11. The number of fused-ring (bicyclic) bond motifs is 1. The molecule has 0 aliphatic rings. The quantitative estimate of drug-likeness (QED) is 0.506. The van der Waals surface area contributed by atoms with E-state index >= 15 is 0 Å². The van der Waals surface area contributed by atoms with Gasteiger partial charge in [0, 0.05) is 0 Å². The molecule has 0 N–H and O–H groups in total. The number of hydrogen-bond donors (Lipinski definition) is 0. The van der Waals surface area contributed by atoms with Gasteiger partial charge < -0.3 is 0 Å². The average molecular weight is 439 g/mol. The van der Waals surface area contributed by atoms with Crippen molar-refractivity contribution in [1.82, 2.24) is 9.78 Å². The molecule has 0 saturated carbocycles. The van der Waals surface area contributed by atoms with E-state index in [0.717, 1.165) is 24.4 Å². The molecule has 0 amide bonds. The maximum atomic E-state index is 6.70. The van der Waals surface area contributed by atoms with E-state index in [4.69, 9.17) is 16.7 Å². The predicted molar refractivity (Wildman–Crippen MR) is 102 cm³/mol. The zero-order chi connectivity index (χ0) is 16.8. The molecule has 0 unspecified atom stereocenters. The standard InChI is InChI=1S/C19H28ClN2.Sn/c1-4-7-10-15-16(11-8-5-2)18(20)13-19-17(15)14-21-22(19)12-9-6-3;/h13H,4-12H2,1-3H3;. The normalized spacial score (nSPS) is 11.5. The molecule has 0 atom stereocenters. The van der Waals surface area contributed by atoms with Gasteiger partial charge in [0.1, 0.15) is 0 Å². The van der Waals surface area contributed by atoms with Crippen molar-refractivity contribution in [2.24, 2.45) is 0 Å². The van der Waals surface area contributed by atoms with Crippen LogP contribution < -0.4 is 3.71 Å². The van der Waals surface area contributed by atoms with Crippen molar-refractivity contribution >= 4 is 48.7 Å². The Morgan fingerprint density at radius 1 is 1.00 bits per heavy atom. The van der Waals surface area contributed by atoms with E-state index in [-0.39, 0.29) is 0 Å². The van der Waals surface area contributed by atoms with Gasteiger partial charge in [0.05, 0.1) is 0 Å². The van der Waals surface area contributed by atoms with Gasteiger partial charge in [-0.15, -0.1) is 0 Å². The first kappa shape index (κ1) is 19.1. The van der Waals surface area contributed by atoms with Crippen LogP contribution in [0.1, 0.15) is 70.4 Å². The Morgan fingerprint density at radius 3 is 2.22 bits per heavy atom. The first-order chi connectivity index (χ1) is 11.1. The molecule has 4 heteroatoms. The molecule has 3 radical (unpaired) electrons. The van der Waals surface area contributed by atoms with Gasteiger partial charge in [-0.1, -0.05) is 0 Å². The molecular weight excluding hydrogens is 410 g/mol. The molecule has 0 aliphatic carbocycles. The summed E-state index contributed by atoms with van der Waals surface area (Å²) in [6, 6.07) is 2.17. The number of benzene rings is 1. The van der Waals surface area contributed by atoms with E-state index in [1.807, 2.05) is 0 Å². The molecule has 0 bridgehead atoms. The molecule has 1 aromatic heterocycles. The zero-order valence-corrected chi connectivity index (χ0v) is 18.3. The number of rotatable bonds is 9. The number of aromatic nitrogens is 2. The van der Waals surface area contributed by atoms with Gasteiger partial charge in [0.2, 0.25) is 0 Å². The Kier molecular flexibility index (Phi) is 7.74. The summed E-state index contributed by atoms with van der Waals surface area (Å²) in [4.78, 5) is 0. The van der Waals surface area contributed by atoms with E-state index in [1.165, 1.54) is 86.8 Å². The fourth-order valence-corrected chi connectivity index (χ4v) is 4.61. The van der Waals surface area contributed by atoms with Crippen molar-refractivity contribution in [2.75, 3.05) is 0 Å². The zero-order valence-electron chi connectivity index (χ0n) is 14.7. The van der Waals surface area contributed by atoms with Crippen LogP contribution in [0, 0.1) is 0 Å². The molecule has 0 saturated heterocycles. The Hall–Kier alpha value is -0.221. The van der Waals surface area contributed by atoms with Gasteiger partial charge in [-0.3, -0.25) is 0 Å². The number of unbranched alkanes of at least 4 members (excludes halogenated alkanes) is 3. The van der Waals surface area contributed by atoms with Crippen LogP contribution >= 0.6 is 11.6 Å². The topological polar surface area (TPSA) is 17.8 Å². The summed E-state index contributed by atoms with van der Waals surface area (Å²) in [6.07, 6.45) is 9.46. The monoisotopic (exact) mass is 439 g/mol. The van der Waals surface area contributed by atoms with Crippen molar-refractivity contribution in [3.8, 4) is 0 Å². The summed E-state index contributed by atoms with van der Waals surface area (Å²) in [5, 5.41) is 7.21. The van der Waals surface area contributed by atoms with Crippen molar-refractivity contribution in [3.05, 3.63) is 22.2 Å². The minimum absolute atomic E-state index is 0.950. The third-order valence-corrected chi connectivity index (χ3v) is 5.83. The Balaban J connectivity index is 2.57. The van der Waals surface area contributed by atoms with Crippen molar-refractivity contribution in [1.29, 1.82) is 0 Å². The maximum absolute atomic E-state index is 6.70. The van der Waals surface area contributed by atoms with Crippen LogP contribution in [0.5, 0.6) is 0 Å². The number of nitrogens with zero attached hydrogens (tertiary/aromatic N) is 2. The van der Waals surface area contributed by atoms with Crippen LogP contribution in [0.25, 0.3) is 10.9 Å². The van der Waals surface area contributed by atoms with E-state index in [2.05, 4.69) is 31.5 Å². The van der Waals surface area contributed by atoms with Gasteiger partial charge in [-0.25, -0.2) is 0 Å². The molecule has 125 valence electrons. The Bertz CT molecular complexity index is 649. The molecule has 2 aromatic rings. The fourth-order valence-electron chi connectivity index (χ4n) is 3.15. The van der Waals surface area contributed by atoms with Crippen LogP contribution in [0.3, 0.4) is 0 Å². The molecule has 23 heavy (non-hydrogen) atoms. The van der Waals surface area contributed by atoms with E-state index in [1.54, 1.807) is 0 Å². The second kappa shape index (κ2) is 9.31. The van der Waals surface area contributed by atoms with Gasteiger partial charge in [-0.2, -0.15) is 0 Å². The molecule has 0 aliphatic heterocycles. The van der Waals surface area contributed by atoms with Crippen LogP contribution in [0.2, 0.25) is 5.02 Å². The van der Waals surface area contributed by atoms with Crippen LogP contribution in [0.15, 0.2) is 6.07 Å².